The summed E-state index contributed by atoms with van der Waals surface area (Å²) in [5, 5.41) is 8.87. The maximum Gasteiger partial charge on any atom is 0.314 e. The summed E-state index contributed by atoms with van der Waals surface area (Å²) in [7, 11) is 0. The lowest BCUT2D eigenvalue weighted by molar-refractivity contribution is 0.240. The molecule has 2 rings (SSSR count). The molecule has 0 radical (unpaired) electrons. The summed E-state index contributed by atoms with van der Waals surface area (Å²) in [6.45, 7) is 2.11. The van der Waals surface area contributed by atoms with Crippen LogP contribution in [0.2, 0.25) is 0 Å². The Morgan fingerprint density at radius 2 is 2.21 bits per heavy atom. The fourth-order valence-electron chi connectivity index (χ4n) is 2.22. The van der Waals surface area contributed by atoms with Gasteiger partial charge in [-0.2, -0.15) is 0 Å². The second kappa shape index (κ2) is 7.09. The molecule has 0 saturated carbocycles. The van der Waals surface area contributed by atoms with Gasteiger partial charge in [-0.15, -0.1) is 0 Å². The average Bonchev–Trinajstić information content (AvgIpc) is 2.92. The van der Waals surface area contributed by atoms with Gasteiger partial charge in [-0.3, -0.25) is 0 Å². The van der Waals surface area contributed by atoms with Crippen molar-refractivity contribution in [3.05, 3.63) is 35.6 Å². The second-order valence-electron chi connectivity index (χ2n) is 4.77. The Bertz CT molecular complexity index is 419. The number of halogens is 1. The van der Waals surface area contributed by atoms with Crippen molar-refractivity contribution in [1.82, 2.24) is 16.0 Å². The van der Waals surface area contributed by atoms with E-state index in [1.54, 1.807) is 18.2 Å². The fraction of sp³-hybridized carbons (Fsp3) is 0.500. The summed E-state index contributed by atoms with van der Waals surface area (Å²) in [6.07, 6.45) is 2.78. The standard InChI is InChI=1S/C14H20FN3O/c15-13-6-2-1-4-11(13)7-9-17-14(19)18-10-12-5-3-8-16-12/h1-2,4,6,12,16H,3,5,7-10H2,(H2,17,18,19)/t12-/m1/s1. The van der Waals surface area contributed by atoms with Crippen LogP contribution in [0, 0.1) is 5.82 Å². The largest absolute Gasteiger partial charge is 0.338 e. The molecule has 1 aromatic rings. The van der Waals surface area contributed by atoms with E-state index in [0.29, 0.717) is 31.1 Å². The summed E-state index contributed by atoms with van der Waals surface area (Å²) in [6, 6.07) is 6.82. The highest BCUT2D eigenvalue weighted by Gasteiger charge is 2.14. The quantitative estimate of drug-likeness (QED) is 0.754. The maximum atomic E-state index is 13.3. The van der Waals surface area contributed by atoms with Gasteiger partial charge in [0.05, 0.1) is 0 Å². The molecule has 0 aromatic heterocycles. The van der Waals surface area contributed by atoms with Crippen LogP contribution in [0.25, 0.3) is 0 Å². The number of hydrogen-bond donors (Lipinski definition) is 3. The van der Waals surface area contributed by atoms with Crippen molar-refractivity contribution in [3.8, 4) is 0 Å². The van der Waals surface area contributed by atoms with Crippen LogP contribution in [-0.2, 0) is 6.42 Å². The van der Waals surface area contributed by atoms with E-state index in [1.165, 1.54) is 12.5 Å². The SMILES string of the molecule is O=C(NCCc1ccccc1F)NC[C@H]1CCCN1. The third-order valence-corrected chi connectivity index (χ3v) is 3.31. The molecule has 5 heteroatoms. The van der Waals surface area contributed by atoms with Crippen molar-refractivity contribution in [1.29, 1.82) is 0 Å². The predicted molar refractivity (Wildman–Crippen MR) is 72.5 cm³/mol. The Morgan fingerprint density at radius 1 is 1.37 bits per heavy atom. The van der Waals surface area contributed by atoms with Crippen LogP contribution < -0.4 is 16.0 Å². The minimum atomic E-state index is -0.222. The smallest absolute Gasteiger partial charge is 0.314 e. The van der Waals surface area contributed by atoms with Gasteiger partial charge in [-0.05, 0) is 37.4 Å². The van der Waals surface area contributed by atoms with Crippen LogP contribution in [0.5, 0.6) is 0 Å². The van der Waals surface area contributed by atoms with Crippen molar-refractivity contribution in [2.24, 2.45) is 0 Å². The fourth-order valence-corrected chi connectivity index (χ4v) is 2.22. The molecule has 19 heavy (non-hydrogen) atoms. The lowest BCUT2D eigenvalue weighted by atomic mass is 10.1. The number of benzene rings is 1. The Labute approximate surface area is 112 Å². The molecule has 1 aliphatic heterocycles. The number of hydrogen-bond acceptors (Lipinski definition) is 2. The highest BCUT2D eigenvalue weighted by Crippen LogP contribution is 2.06. The van der Waals surface area contributed by atoms with Crippen LogP contribution in [0.4, 0.5) is 9.18 Å². The zero-order valence-electron chi connectivity index (χ0n) is 10.9. The number of carbonyl (C=O) groups excluding carboxylic acids is 1. The highest BCUT2D eigenvalue weighted by atomic mass is 19.1. The molecule has 2 amide bonds. The van der Waals surface area contributed by atoms with Crippen molar-refractivity contribution in [3.63, 3.8) is 0 Å². The maximum absolute atomic E-state index is 13.3. The zero-order valence-corrected chi connectivity index (χ0v) is 10.9. The minimum Gasteiger partial charge on any atom is -0.338 e. The van der Waals surface area contributed by atoms with Crippen LogP contribution in [0.15, 0.2) is 24.3 Å². The third kappa shape index (κ3) is 4.52. The van der Waals surface area contributed by atoms with Crippen LogP contribution in [-0.4, -0.2) is 31.7 Å². The summed E-state index contributed by atoms with van der Waals surface area (Å²) in [5.41, 5.74) is 0.625. The number of nitrogens with one attached hydrogen (secondary N) is 3. The molecule has 1 heterocycles. The van der Waals surface area contributed by atoms with Gasteiger partial charge < -0.3 is 16.0 Å². The molecular formula is C14H20FN3O. The molecule has 3 N–H and O–H groups in total. The van der Waals surface area contributed by atoms with Gasteiger partial charge in [-0.1, -0.05) is 18.2 Å². The molecule has 1 atom stereocenters. The van der Waals surface area contributed by atoms with Crippen molar-refractivity contribution < 1.29 is 9.18 Å². The molecule has 1 saturated heterocycles. The highest BCUT2D eigenvalue weighted by molar-refractivity contribution is 5.73. The summed E-state index contributed by atoms with van der Waals surface area (Å²) >= 11 is 0. The van der Waals surface area contributed by atoms with Gasteiger partial charge >= 0.3 is 6.03 Å². The Morgan fingerprint density at radius 3 is 2.95 bits per heavy atom. The number of urea groups is 1. The lowest BCUT2D eigenvalue weighted by Gasteiger charge is -2.12. The molecule has 0 bridgehead atoms. The van der Waals surface area contributed by atoms with Gasteiger partial charge in [0.2, 0.25) is 0 Å². The third-order valence-electron chi connectivity index (χ3n) is 3.31. The first-order valence-corrected chi connectivity index (χ1v) is 6.74. The summed E-state index contributed by atoms with van der Waals surface area (Å²) in [5.74, 6) is -0.222. The normalized spacial score (nSPS) is 18.3. The van der Waals surface area contributed by atoms with Gasteiger partial charge in [0.1, 0.15) is 5.82 Å². The van der Waals surface area contributed by atoms with Crippen LogP contribution >= 0.6 is 0 Å². The molecule has 0 aliphatic carbocycles. The predicted octanol–water partition coefficient (Wildman–Crippen LogP) is 1.42. The van der Waals surface area contributed by atoms with Crippen LogP contribution in [0.1, 0.15) is 18.4 Å². The minimum absolute atomic E-state index is 0.190. The van der Waals surface area contributed by atoms with E-state index in [1.807, 2.05) is 0 Å². The number of carbonyl (C=O) groups is 1. The molecule has 104 valence electrons. The van der Waals surface area contributed by atoms with Gasteiger partial charge in [0, 0.05) is 19.1 Å². The zero-order chi connectivity index (χ0) is 13.5. The van der Waals surface area contributed by atoms with E-state index in [9.17, 15) is 9.18 Å². The van der Waals surface area contributed by atoms with E-state index in [2.05, 4.69) is 16.0 Å². The first-order chi connectivity index (χ1) is 9.25. The van der Waals surface area contributed by atoms with Crippen molar-refractivity contribution in [2.45, 2.75) is 25.3 Å². The molecule has 4 nitrogen and oxygen atoms in total. The van der Waals surface area contributed by atoms with Gasteiger partial charge in [0.25, 0.3) is 0 Å². The molecule has 1 aromatic carbocycles. The molecule has 1 aliphatic rings. The van der Waals surface area contributed by atoms with Crippen molar-refractivity contribution >= 4 is 6.03 Å². The van der Waals surface area contributed by atoms with E-state index in [4.69, 9.17) is 0 Å². The van der Waals surface area contributed by atoms with Crippen molar-refractivity contribution in [2.75, 3.05) is 19.6 Å². The van der Waals surface area contributed by atoms with Gasteiger partial charge in [-0.25, -0.2) is 9.18 Å². The monoisotopic (exact) mass is 265 g/mol. The Balaban J connectivity index is 1.62. The summed E-state index contributed by atoms with van der Waals surface area (Å²) < 4.78 is 13.3. The van der Waals surface area contributed by atoms with E-state index >= 15 is 0 Å². The molecular weight excluding hydrogens is 245 g/mol. The average molecular weight is 265 g/mol. The lowest BCUT2D eigenvalue weighted by Crippen LogP contribution is -2.42. The molecule has 0 spiro atoms. The molecule has 1 fully saturated rings. The molecule has 0 unspecified atom stereocenters. The Kier molecular flexibility index (Phi) is 5.15. The Hall–Kier alpha value is -1.62. The van der Waals surface area contributed by atoms with E-state index in [-0.39, 0.29) is 11.8 Å². The second-order valence-corrected chi connectivity index (χ2v) is 4.77. The number of amides is 2. The summed E-state index contributed by atoms with van der Waals surface area (Å²) in [4.78, 5) is 11.5. The first kappa shape index (κ1) is 13.8. The first-order valence-electron chi connectivity index (χ1n) is 6.74. The van der Waals surface area contributed by atoms with E-state index < -0.39 is 0 Å². The number of rotatable bonds is 5. The topological polar surface area (TPSA) is 53.2 Å². The van der Waals surface area contributed by atoms with E-state index in [0.717, 1.165) is 13.0 Å². The van der Waals surface area contributed by atoms with Gasteiger partial charge in [0.15, 0.2) is 0 Å². The van der Waals surface area contributed by atoms with Crippen LogP contribution in [0.3, 0.4) is 0 Å².